The summed E-state index contributed by atoms with van der Waals surface area (Å²) < 4.78 is 6.10. The average Bonchev–Trinajstić information content (AvgIpc) is 3.27. The molecule has 4 nitrogen and oxygen atoms in total. The molecule has 0 radical (unpaired) electrons. The van der Waals surface area contributed by atoms with Crippen molar-refractivity contribution in [2.45, 2.75) is 83.0 Å². The summed E-state index contributed by atoms with van der Waals surface area (Å²) in [4.78, 5) is 12.5. The maximum Gasteiger partial charge on any atom is 0.181 e. The van der Waals surface area contributed by atoms with E-state index < -0.39 is 5.92 Å². The van der Waals surface area contributed by atoms with Crippen LogP contribution >= 0.6 is 0 Å². The zero-order valence-corrected chi connectivity index (χ0v) is 15.3. The van der Waals surface area contributed by atoms with Gasteiger partial charge >= 0.3 is 0 Å². The Bertz CT molecular complexity index is 671. The number of hydrogen-bond acceptors (Lipinski definition) is 4. The van der Waals surface area contributed by atoms with Crippen LogP contribution in [0.2, 0.25) is 0 Å². The lowest BCUT2D eigenvalue weighted by Crippen LogP contribution is -2.60. The second-order valence-electron chi connectivity index (χ2n) is 9.73. The maximum absolute atomic E-state index is 12.5. The Labute approximate surface area is 149 Å². The quantitative estimate of drug-likeness (QED) is 0.742. The van der Waals surface area contributed by atoms with Gasteiger partial charge in [-0.15, -0.1) is 0 Å². The number of nitrogens with zero attached hydrogens (tertiary/aromatic N) is 1. The molecule has 0 bridgehead atoms. The van der Waals surface area contributed by atoms with Crippen molar-refractivity contribution >= 4 is 5.78 Å². The van der Waals surface area contributed by atoms with Gasteiger partial charge in [-0.25, -0.2) is 0 Å². The first-order valence-electron chi connectivity index (χ1n) is 10.2. The molecule has 1 heterocycles. The molecule has 1 spiro atoms. The van der Waals surface area contributed by atoms with Crippen molar-refractivity contribution in [3.63, 3.8) is 0 Å². The van der Waals surface area contributed by atoms with Gasteiger partial charge in [0.05, 0.1) is 12.2 Å². The number of carbonyl (C=O) groups excluding carboxylic acids is 1. The van der Waals surface area contributed by atoms with Crippen LogP contribution in [0.3, 0.4) is 0 Å². The van der Waals surface area contributed by atoms with Gasteiger partial charge in [0.15, 0.2) is 5.78 Å². The molecule has 0 aromatic heterocycles. The fourth-order valence-electron chi connectivity index (χ4n) is 8.15. The standard InChI is InChI=1S/C21H29NO3/c1-3-20-8-7-14-13(15(20)4-5-16(20)23)6-9-21-18(25-21)17(24)12(11-22)10-19(14,21)2/h12-16,18,23H,3-10H2,1-2H3/t12-,13+,14-,15-,16-,18+,19+,20-,21+/m0/s1. The highest BCUT2D eigenvalue weighted by atomic mass is 16.6. The molecule has 5 fully saturated rings. The normalized spacial score (nSPS) is 59.2. The Hall–Kier alpha value is -0.920. The number of ether oxygens (including phenoxy) is 1. The molecule has 4 heteroatoms. The number of nitriles is 1. The predicted octanol–water partition coefficient (Wildman–Crippen LogP) is 3.23. The van der Waals surface area contributed by atoms with E-state index in [0.29, 0.717) is 24.2 Å². The van der Waals surface area contributed by atoms with Crippen LogP contribution in [0, 0.1) is 45.8 Å². The van der Waals surface area contributed by atoms with Crippen LogP contribution in [0.15, 0.2) is 0 Å². The van der Waals surface area contributed by atoms with E-state index in [1.54, 1.807) is 0 Å². The van der Waals surface area contributed by atoms with Crippen molar-refractivity contribution in [2.75, 3.05) is 0 Å². The third-order valence-corrected chi connectivity index (χ3v) is 9.48. The number of carbonyl (C=O) groups is 1. The van der Waals surface area contributed by atoms with Crippen LogP contribution in [-0.4, -0.2) is 28.7 Å². The van der Waals surface area contributed by atoms with E-state index in [4.69, 9.17) is 4.74 Å². The monoisotopic (exact) mass is 343 g/mol. The lowest BCUT2D eigenvalue weighted by Gasteiger charge is -2.59. The Morgan fingerprint density at radius 1 is 1.24 bits per heavy atom. The summed E-state index contributed by atoms with van der Waals surface area (Å²) >= 11 is 0. The number of aliphatic hydroxyl groups excluding tert-OH is 1. The average molecular weight is 343 g/mol. The van der Waals surface area contributed by atoms with Crippen LogP contribution in [0.5, 0.6) is 0 Å². The Balaban J connectivity index is 1.52. The minimum atomic E-state index is -0.489. The summed E-state index contributed by atoms with van der Waals surface area (Å²) in [7, 11) is 0. The van der Waals surface area contributed by atoms with Gasteiger partial charge in [0, 0.05) is 5.41 Å². The molecular formula is C21H29NO3. The predicted molar refractivity (Wildman–Crippen MR) is 91.3 cm³/mol. The second kappa shape index (κ2) is 4.87. The van der Waals surface area contributed by atoms with Gasteiger partial charge in [-0.2, -0.15) is 5.26 Å². The summed E-state index contributed by atoms with van der Waals surface area (Å²) in [6.45, 7) is 4.56. The van der Waals surface area contributed by atoms with E-state index in [2.05, 4.69) is 19.9 Å². The van der Waals surface area contributed by atoms with Gasteiger partial charge in [0.25, 0.3) is 0 Å². The fourth-order valence-corrected chi connectivity index (χ4v) is 8.15. The molecule has 5 aliphatic rings. The molecule has 0 aromatic carbocycles. The first-order valence-corrected chi connectivity index (χ1v) is 10.2. The van der Waals surface area contributed by atoms with Crippen molar-refractivity contribution in [2.24, 2.45) is 34.5 Å². The Morgan fingerprint density at radius 2 is 2.04 bits per heavy atom. The number of fused-ring (bicyclic) bond motifs is 4. The van der Waals surface area contributed by atoms with Gasteiger partial charge < -0.3 is 9.84 Å². The molecule has 0 amide bonds. The summed E-state index contributed by atoms with van der Waals surface area (Å²) in [6, 6.07) is 2.26. The Morgan fingerprint density at radius 3 is 2.76 bits per heavy atom. The highest BCUT2D eigenvalue weighted by Crippen LogP contribution is 2.73. The van der Waals surface area contributed by atoms with E-state index in [9.17, 15) is 15.2 Å². The number of ketones is 1. The SMILES string of the molecule is CC[C@]12CC[C@H]3[C@@H](CC[C@@]45O[C@@H]4C(=O)[C@H](C#N)C[C@]35C)[C@@H]1CC[C@@H]2O. The third-order valence-electron chi connectivity index (χ3n) is 9.48. The number of Topliss-reactive ketones (excluding diaryl/α,β-unsaturated/α-hetero) is 1. The van der Waals surface area contributed by atoms with Crippen molar-refractivity contribution in [1.29, 1.82) is 5.26 Å². The topological polar surface area (TPSA) is 73.6 Å². The largest absolute Gasteiger partial charge is 0.393 e. The fraction of sp³-hybridized carbons (Fsp3) is 0.905. The first kappa shape index (κ1) is 16.3. The molecule has 1 aliphatic heterocycles. The highest BCUT2D eigenvalue weighted by molar-refractivity contribution is 5.92. The van der Waals surface area contributed by atoms with E-state index in [0.717, 1.165) is 44.9 Å². The van der Waals surface area contributed by atoms with Crippen LogP contribution in [0.4, 0.5) is 0 Å². The molecule has 136 valence electrons. The van der Waals surface area contributed by atoms with E-state index in [1.165, 1.54) is 0 Å². The summed E-state index contributed by atoms with van der Waals surface area (Å²) in [5, 5.41) is 20.2. The molecule has 25 heavy (non-hydrogen) atoms. The van der Waals surface area contributed by atoms with Gasteiger partial charge in [0.1, 0.15) is 17.6 Å². The zero-order chi connectivity index (χ0) is 17.6. The van der Waals surface area contributed by atoms with Crippen molar-refractivity contribution in [1.82, 2.24) is 0 Å². The molecular weight excluding hydrogens is 314 g/mol. The van der Waals surface area contributed by atoms with Gasteiger partial charge in [0.2, 0.25) is 0 Å². The molecule has 4 aliphatic carbocycles. The summed E-state index contributed by atoms with van der Waals surface area (Å²) in [5.74, 6) is 1.31. The molecule has 9 atom stereocenters. The first-order chi connectivity index (χ1) is 11.9. The number of aliphatic hydroxyl groups is 1. The molecule has 4 saturated carbocycles. The molecule has 5 rings (SSSR count). The van der Waals surface area contributed by atoms with Crippen molar-refractivity contribution in [3.8, 4) is 6.07 Å². The zero-order valence-electron chi connectivity index (χ0n) is 15.3. The van der Waals surface area contributed by atoms with Crippen molar-refractivity contribution < 1.29 is 14.6 Å². The molecule has 0 aromatic rings. The maximum atomic E-state index is 12.5. The van der Waals surface area contributed by atoms with Crippen LogP contribution in [0.25, 0.3) is 0 Å². The highest BCUT2D eigenvalue weighted by Gasteiger charge is 2.78. The Kier molecular flexibility index (Phi) is 3.17. The third kappa shape index (κ3) is 1.68. The molecule has 0 unspecified atom stereocenters. The van der Waals surface area contributed by atoms with Gasteiger partial charge in [-0.1, -0.05) is 13.8 Å². The van der Waals surface area contributed by atoms with Crippen LogP contribution in [-0.2, 0) is 9.53 Å². The lowest BCUT2D eigenvalue weighted by atomic mass is 9.43. The summed E-state index contributed by atoms with van der Waals surface area (Å²) in [6.07, 6.45) is 7.68. The van der Waals surface area contributed by atoms with E-state index in [1.807, 2.05) is 0 Å². The van der Waals surface area contributed by atoms with E-state index in [-0.39, 0.29) is 34.4 Å². The number of hydrogen-bond donors (Lipinski definition) is 1. The number of rotatable bonds is 1. The minimum absolute atomic E-state index is 0.0356. The van der Waals surface area contributed by atoms with Gasteiger partial charge in [-0.05, 0) is 74.5 Å². The van der Waals surface area contributed by atoms with Crippen molar-refractivity contribution in [3.05, 3.63) is 0 Å². The van der Waals surface area contributed by atoms with E-state index >= 15 is 0 Å². The molecule has 1 N–H and O–H groups in total. The van der Waals surface area contributed by atoms with Gasteiger partial charge in [-0.3, -0.25) is 4.79 Å². The summed E-state index contributed by atoms with van der Waals surface area (Å²) in [5.41, 5.74) is -0.213. The smallest absolute Gasteiger partial charge is 0.181 e. The molecule has 1 saturated heterocycles. The minimum Gasteiger partial charge on any atom is -0.393 e. The van der Waals surface area contributed by atoms with Crippen LogP contribution in [0.1, 0.15) is 65.2 Å². The lowest BCUT2D eigenvalue weighted by molar-refractivity contribution is -0.141. The number of epoxide rings is 1. The van der Waals surface area contributed by atoms with Crippen LogP contribution < -0.4 is 0 Å². The second-order valence-corrected chi connectivity index (χ2v) is 9.73.